The highest BCUT2D eigenvalue weighted by atomic mass is 35.5. The monoisotopic (exact) mass is 322 g/mol. The van der Waals surface area contributed by atoms with E-state index in [-0.39, 0.29) is 15.9 Å². The second kappa shape index (κ2) is 7.16. The van der Waals surface area contributed by atoms with Crippen LogP contribution in [0.15, 0.2) is 6.07 Å². The van der Waals surface area contributed by atoms with Gasteiger partial charge >= 0.3 is 11.9 Å². The topological polar surface area (TPSA) is 88.7 Å². The fourth-order valence-electron chi connectivity index (χ4n) is 1.33. The zero-order valence-corrected chi connectivity index (χ0v) is 12.2. The van der Waals surface area contributed by atoms with Gasteiger partial charge in [0.15, 0.2) is 0 Å². The van der Waals surface area contributed by atoms with Gasteiger partial charge in [-0.1, -0.05) is 23.2 Å². The quantitative estimate of drug-likeness (QED) is 0.820. The molecule has 1 heterocycles. The molecule has 0 saturated heterocycles. The zero-order chi connectivity index (χ0) is 15.3. The largest absolute Gasteiger partial charge is 0.468 e. The summed E-state index contributed by atoms with van der Waals surface area (Å²) in [5, 5.41) is 0.247. The molecule has 0 aliphatic carbocycles. The molecule has 1 aromatic heterocycles. The number of amides is 1. The highest BCUT2D eigenvalue weighted by molar-refractivity contribution is 6.41. The first-order chi connectivity index (χ1) is 9.38. The number of nitrogens with zero attached hydrogens (tertiary/aromatic N) is 1. The lowest BCUT2D eigenvalue weighted by molar-refractivity contribution is -0.144. The Balaban J connectivity index is 2.93. The lowest BCUT2D eigenvalue weighted by Crippen LogP contribution is -2.40. The van der Waals surface area contributed by atoms with Gasteiger partial charge in [0.2, 0.25) is 0 Å². The Morgan fingerprint density at radius 3 is 2.00 bits per heavy atom. The number of nitrogens with one attached hydrogen (secondary N) is 1. The second-order valence-electron chi connectivity index (χ2n) is 3.66. The van der Waals surface area contributed by atoms with Gasteiger partial charge < -0.3 is 19.4 Å². The van der Waals surface area contributed by atoms with Gasteiger partial charge in [-0.15, -0.1) is 0 Å². The van der Waals surface area contributed by atoms with Gasteiger partial charge in [-0.25, -0.2) is 0 Å². The molecule has 1 rings (SSSR count). The van der Waals surface area contributed by atoms with E-state index in [2.05, 4.69) is 14.5 Å². The van der Waals surface area contributed by atoms with Crippen molar-refractivity contribution in [3.05, 3.63) is 21.9 Å². The molecule has 1 amide bonds. The van der Waals surface area contributed by atoms with E-state index in [0.29, 0.717) is 0 Å². The maximum atomic E-state index is 12.2. The number of methoxy groups -OCH3 is 2. The van der Waals surface area contributed by atoms with Crippen LogP contribution in [0.25, 0.3) is 0 Å². The van der Waals surface area contributed by atoms with Crippen molar-refractivity contribution in [1.82, 2.24) is 9.88 Å². The summed E-state index contributed by atoms with van der Waals surface area (Å²) in [6.45, 7) is -0.808. The molecule has 0 aliphatic heterocycles. The second-order valence-corrected chi connectivity index (χ2v) is 4.44. The Morgan fingerprint density at radius 1 is 1.15 bits per heavy atom. The van der Waals surface area contributed by atoms with Crippen LogP contribution in [0.5, 0.6) is 0 Å². The molecule has 0 aromatic carbocycles. The maximum Gasteiger partial charge on any atom is 0.325 e. The van der Waals surface area contributed by atoms with Gasteiger partial charge in [0, 0.05) is 0 Å². The van der Waals surface area contributed by atoms with E-state index in [4.69, 9.17) is 23.2 Å². The molecule has 20 heavy (non-hydrogen) atoms. The summed E-state index contributed by atoms with van der Waals surface area (Å²) < 4.78 is 8.93. The molecule has 110 valence electrons. The van der Waals surface area contributed by atoms with Crippen molar-refractivity contribution in [3.8, 4) is 0 Å². The van der Waals surface area contributed by atoms with Gasteiger partial charge in [-0.2, -0.15) is 0 Å². The number of ether oxygens (including phenoxy) is 2. The third kappa shape index (κ3) is 4.14. The average molecular weight is 323 g/mol. The van der Waals surface area contributed by atoms with Crippen molar-refractivity contribution in [2.24, 2.45) is 0 Å². The summed E-state index contributed by atoms with van der Waals surface area (Å²) in [7, 11) is 2.34. The molecule has 0 saturated carbocycles. The van der Waals surface area contributed by atoms with E-state index in [0.717, 1.165) is 4.90 Å². The van der Waals surface area contributed by atoms with E-state index in [1.54, 1.807) is 0 Å². The van der Waals surface area contributed by atoms with Gasteiger partial charge in [-0.05, 0) is 6.07 Å². The van der Waals surface area contributed by atoms with Crippen molar-refractivity contribution in [3.63, 3.8) is 0 Å². The minimum absolute atomic E-state index is 0.0489. The average Bonchev–Trinajstić information content (AvgIpc) is 2.76. The maximum absolute atomic E-state index is 12.2. The smallest absolute Gasteiger partial charge is 0.325 e. The van der Waals surface area contributed by atoms with E-state index in [1.807, 2.05) is 0 Å². The molecule has 0 unspecified atom stereocenters. The van der Waals surface area contributed by atoms with Crippen molar-refractivity contribution < 1.29 is 23.9 Å². The number of esters is 2. The normalized spacial score (nSPS) is 10.0. The number of halogens is 2. The van der Waals surface area contributed by atoms with E-state index in [1.165, 1.54) is 20.3 Å². The van der Waals surface area contributed by atoms with Crippen LogP contribution in [0, 0.1) is 0 Å². The van der Waals surface area contributed by atoms with Crippen LogP contribution in [0.4, 0.5) is 0 Å². The predicted molar refractivity (Wildman–Crippen MR) is 70.7 cm³/mol. The first kappa shape index (κ1) is 16.3. The molecule has 0 atom stereocenters. The molecular formula is C11H12Cl2N2O5. The highest BCUT2D eigenvalue weighted by Gasteiger charge is 2.24. The number of aromatic amines is 1. The van der Waals surface area contributed by atoms with Gasteiger partial charge in [0.25, 0.3) is 5.91 Å². The molecule has 0 radical (unpaired) electrons. The zero-order valence-electron chi connectivity index (χ0n) is 10.7. The van der Waals surface area contributed by atoms with Crippen LogP contribution in [0.1, 0.15) is 10.5 Å². The third-order valence-corrected chi connectivity index (χ3v) is 3.03. The lowest BCUT2D eigenvalue weighted by Gasteiger charge is -2.19. The van der Waals surface area contributed by atoms with Gasteiger partial charge in [-0.3, -0.25) is 14.4 Å². The Hall–Kier alpha value is -1.73. The standard InChI is InChI=1S/C11H12Cl2N2O5/c1-19-8(16)4-15(5-9(17)20-2)11(18)7-3-6(12)10(13)14-7/h3,14H,4-5H2,1-2H3. The van der Waals surface area contributed by atoms with Crippen molar-refractivity contribution in [1.29, 1.82) is 0 Å². The molecular weight excluding hydrogens is 311 g/mol. The first-order valence-corrected chi connectivity index (χ1v) is 6.11. The highest BCUT2D eigenvalue weighted by Crippen LogP contribution is 2.22. The number of carbonyl (C=O) groups excluding carboxylic acids is 3. The number of H-pyrrole nitrogens is 1. The van der Waals surface area contributed by atoms with Crippen LogP contribution < -0.4 is 0 Å². The Labute approximate surface area is 124 Å². The molecule has 7 nitrogen and oxygen atoms in total. The lowest BCUT2D eigenvalue weighted by atomic mass is 10.3. The number of rotatable bonds is 5. The van der Waals surface area contributed by atoms with Gasteiger partial charge in [0.05, 0.1) is 19.2 Å². The molecule has 0 aliphatic rings. The van der Waals surface area contributed by atoms with Crippen LogP contribution in [-0.2, 0) is 19.1 Å². The SMILES string of the molecule is COC(=O)CN(CC(=O)OC)C(=O)c1cc(Cl)c(Cl)[nH]1. The van der Waals surface area contributed by atoms with E-state index < -0.39 is 30.9 Å². The summed E-state index contributed by atoms with van der Waals surface area (Å²) in [6.07, 6.45) is 0. The Morgan fingerprint density at radius 2 is 1.65 bits per heavy atom. The summed E-state index contributed by atoms with van der Waals surface area (Å²) in [5.41, 5.74) is 0.0489. The first-order valence-electron chi connectivity index (χ1n) is 5.36. The fourth-order valence-corrected chi connectivity index (χ4v) is 1.64. The van der Waals surface area contributed by atoms with Crippen molar-refractivity contribution in [2.75, 3.05) is 27.3 Å². The minimum Gasteiger partial charge on any atom is -0.468 e. The molecule has 1 N–H and O–H groups in total. The van der Waals surface area contributed by atoms with Gasteiger partial charge in [0.1, 0.15) is 23.9 Å². The minimum atomic E-state index is -0.675. The van der Waals surface area contributed by atoms with Crippen LogP contribution >= 0.6 is 23.2 Å². The number of hydrogen-bond acceptors (Lipinski definition) is 5. The van der Waals surface area contributed by atoms with E-state index >= 15 is 0 Å². The third-order valence-electron chi connectivity index (χ3n) is 2.34. The summed E-state index contributed by atoms with van der Waals surface area (Å²) in [6, 6.07) is 1.30. The van der Waals surface area contributed by atoms with Crippen molar-refractivity contribution >= 4 is 41.0 Å². The Bertz CT molecular complexity index is 491. The molecule has 9 heteroatoms. The number of aromatic nitrogens is 1. The number of hydrogen-bond donors (Lipinski definition) is 1. The van der Waals surface area contributed by atoms with Crippen LogP contribution in [0.2, 0.25) is 10.2 Å². The predicted octanol–water partition coefficient (Wildman–Crippen LogP) is 1.11. The molecule has 0 fully saturated rings. The number of carbonyl (C=O) groups is 3. The van der Waals surface area contributed by atoms with Crippen LogP contribution in [-0.4, -0.2) is 55.0 Å². The summed E-state index contributed by atoms with van der Waals surface area (Å²) >= 11 is 11.4. The van der Waals surface area contributed by atoms with Crippen LogP contribution in [0.3, 0.4) is 0 Å². The molecule has 1 aromatic rings. The molecule has 0 spiro atoms. The summed E-state index contributed by atoms with van der Waals surface area (Å²) in [5.74, 6) is -1.98. The van der Waals surface area contributed by atoms with E-state index in [9.17, 15) is 14.4 Å². The fraction of sp³-hybridized carbons (Fsp3) is 0.364. The van der Waals surface area contributed by atoms with Crippen molar-refractivity contribution in [2.45, 2.75) is 0 Å². The molecule has 0 bridgehead atoms. The Kier molecular flexibility index (Phi) is 5.84. The summed E-state index contributed by atoms with van der Waals surface area (Å²) in [4.78, 5) is 38.2.